The lowest BCUT2D eigenvalue weighted by molar-refractivity contribution is 0.0705. The van der Waals surface area contributed by atoms with E-state index < -0.39 is 0 Å². The van der Waals surface area contributed by atoms with Gasteiger partial charge in [0.15, 0.2) is 0 Å². The fraction of sp³-hybridized carbons (Fsp3) is 0.450. The molecule has 3 aromatic rings. The number of pyridine rings is 1. The van der Waals surface area contributed by atoms with Crippen LogP contribution in [0.5, 0.6) is 0 Å². The van der Waals surface area contributed by atoms with E-state index in [1.165, 1.54) is 5.69 Å². The molecule has 4 heterocycles. The van der Waals surface area contributed by atoms with Crippen molar-refractivity contribution < 1.29 is 4.79 Å². The van der Waals surface area contributed by atoms with Gasteiger partial charge in [0.25, 0.3) is 5.91 Å². The highest BCUT2D eigenvalue weighted by atomic mass is 16.2. The smallest absolute Gasteiger partial charge is 0.257 e. The van der Waals surface area contributed by atoms with Crippen LogP contribution in [0.25, 0.3) is 11.0 Å². The second-order valence-corrected chi connectivity index (χ2v) is 7.12. The number of aromatic amines is 1. The summed E-state index contributed by atoms with van der Waals surface area (Å²) >= 11 is 0. The number of fused-ring (bicyclic) bond motifs is 1. The number of rotatable bonds is 4. The summed E-state index contributed by atoms with van der Waals surface area (Å²) in [7, 11) is 0. The fourth-order valence-corrected chi connectivity index (χ4v) is 3.88. The maximum atomic E-state index is 13.0. The summed E-state index contributed by atoms with van der Waals surface area (Å²) < 4.78 is 1.93. The number of hydrogen-bond acceptors (Lipinski definition) is 3. The minimum atomic E-state index is 0.101. The Hall–Kier alpha value is -2.63. The molecular weight excluding hydrogens is 326 g/mol. The summed E-state index contributed by atoms with van der Waals surface area (Å²) in [5.74, 6) is 0.427. The van der Waals surface area contributed by atoms with Gasteiger partial charge in [-0.05, 0) is 44.4 Å². The molecule has 1 saturated heterocycles. The van der Waals surface area contributed by atoms with Gasteiger partial charge in [-0.25, -0.2) is 4.98 Å². The maximum absolute atomic E-state index is 13.0. The highest BCUT2D eigenvalue weighted by Crippen LogP contribution is 2.29. The van der Waals surface area contributed by atoms with E-state index in [-0.39, 0.29) is 5.91 Å². The molecule has 0 saturated carbocycles. The van der Waals surface area contributed by atoms with Gasteiger partial charge in [-0.1, -0.05) is 6.92 Å². The van der Waals surface area contributed by atoms with Crippen molar-refractivity contribution in [2.24, 2.45) is 0 Å². The number of hydrogen-bond donors (Lipinski definition) is 1. The van der Waals surface area contributed by atoms with Gasteiger partial charge in [-0.2, -0.15) is 5.10 Å². The average molecular weight is 351 g/mol. The Kier molecular flexibility index (Phi) is 4.49. The number of amides is 1. The predicted molar refractivity (Wildman–Crippen MR) is 101 cm³/mol. The van der Waals surface area contributed by atoms with Crippen molar-refractivity contribution >= 4 is 16.9 Å². The predicted octanol–water partition coefficient (Wildman–Crippen LogP) is 3.50. The normalized spacial score (nSPS) is 17.8. The molecule has 0 aromatic carbocycles. The zero-order valence-corrected chi connectivity index (χ0v) is 15.4. The van der Waals surface area contributed by atoms with Crippen molar-refractivity contribution in [3.8, 4) is 0 Å². The molecule has 26 heavy (non-hydrogen) atoms. The Morgan fingerprint density at radius 2 is 2.31 bits per heavy atom. The van der Waals surface area contributed by atoms with Gasteiger partial charge >= 0.3 is 0 Å². The fourth-order valence-electron chi connectivity index (χ4n) is 3.88. The van der Waals surface area contributed by atoms with Gasteiger partial charge in [-0.3, -0.25) is 9.48 Å². The van der Waals surface area contributed by atoms with Gasteiger partial charge in [-0.15, -0.1) is 0 Å². The lowest BCUT2D eigenvalue weighted by Crippen LogP contribution is -2.39. The van der Waals surface area contributed by atoms with Gasteiger partial charge in [0.2, 0.25) is 0 Å². The molecule has 3 aromatic heterocycles. The Balaban J connectivity index is 1.53. The van der Waals surface area contributed by atoms with Crippen LogP contribution in [-0.2, 0) is 6.54 Å². The lowest BCUT2D eigenvalue weighted by atomic mass is 9.94. The zero-order valence-electron chi connectivity index (χ0n) is 15.4. The third-order valence-electron chi connectivity index (χ3n) is 5.33. The first-order valence-electron chi connectivity index (χ1n) is 9.42. The van der Waals surface area contributed by atoms with Crippen molar-refractivity contribution in [1.82, 2.24) is 24.6 Å². The van der Waals surface area contributed by atoms with Crippen LogP contribution in [0.15, 0.2) is 30.6 Å². The molecule has 0 aliphatic carbocycles. The maximum Gasteiger partial charge on any atom is 0.257 e. The molecule has 0 radical (unpaired) electrons. The van der Waals surface area contributed by atoms with Crippen molar-refractivity contribution in [3.63, 3.8) is 0 Å². The Labute approximate surface area is 153 Å². The summed E-state index contributed by atoms with van der Waals surface area (Å²) in [6.07, 6.45) is 6.64. The Bertz CT molecular complexity index is 892. The van der Waals surface area contributed by atoms with Crippen molar-refractivity contribution in [2.45, 2.75) is 45.6 Å². The molecule has 0 spiro atoms. The second kappa shape index (κ2) is 6.94. The molecule has 1 aliphatic heterocycles. The van der Waals surface area contributed by atoms with Gasteiger partial charge in [0.05, 0.1) is 11.8 Å². The summed E-state index contributed by atoms with van der Waals surface area (Å²) in [6.45, 7) is 6.51. The number of aryl methyl sites for hydroxylation is 1. The quantitative estimate of drug-likeness (QED) is 0.782. The molecule has 1 fully saturated rings. The van der Waals surface area contributed by atoms with Crippen molar-refractivity contribution in [2.75, 3.05) is 13.1 Å². The molecule has 0 unspecified atom stereocenters. The molecule has 136 valence electrons. The topological polar surface area (TPSA) is 66.8 Å². The van der Waals surface area contributed by atoms with Crippen LogP contribution < -0.4 is 0 Å². The number of piperidine rings is 1. The molecule has 1 aliphatic rings. The van der Waals surface area contributed by atoms with E-state index in [1.54, 1.807) is 12.4 Å². The average Bonchev–Trinajstić information content (AvgIpc) is 3.26. The molecule has 6 heteroatoms. The Morgan fingerprint density at radius 1 is 1.42 bits per heavy atom. The van der Waals surface area contributed by atoms with Crippen LogP contribution in [0, 0.1) is 6.92 Å². The molecule has 4 rings (SSSR count). The van der Waals surface area contributed by atoms with E-state index in [1.807, 2.05) is 22.6 Å². The zero-order chi connectivity index (χ0) is 18.1. The third kappa shape index (κ3) is 3.00. The van der Waals surface area contributed by atoms with Crippen LogP contribution in [-0.4, -0.2) is 43.6 Å². The molecule has 0 bridgehead atoms. The van der Waals surface area contributed by atoms with E-state index in [2.05, 4.69) is 34.1 Å². The van der Waals surface area contributed by atoms with Crippen LogP contribution in [0.3, 0.4) is 0 Å². The minimum absolute atomic E-state index is 0.101. The number of carbonyl (C=O) groups is 1. The number of H-pyrrole nitrogens is 1. The van der Waals surface area contributed by atoms with E-state index >= 15 is 0 Å². The molecule has 1 atom stereocenters. The van der Waals surface area contributed by atoms with E-state index in [0.717, 1.165) is 61.2 Å². The summed E-state index contributed by atoms with van der Waals surface area (Å²) in [5.41, 5.74) is 3.79. The van der Waals surface area contributed by atoms with Gasteiger partial charge < -0.3 is 9.88 Å². The van der Waals surface area contributed by atoms with Crippen molar-refractivity contribution in [1.29, 1.82) is 0 Å². The molecule has 1 N–H and O–H groups in total. The van der Waals surface area contributed by atoms with E-state index in [4.69, 9.17) is 0 Å². The first-order valence-corrected chi connectivity index (χ1v) is 9.42. The summed E-state index contributed by atoms with van der Waals surface area (Å²) in [4.78, 5) is 22.8. The van der Waals surface area contributed by atoms with Crippen LogP contribution in [0.1, 0.15) is 53.8 Å². The lowest BCUT2D eigenvalue weighted by Gasteiger charge is -2.32. The standard InChI is InChI=1S/C20H25N5O/c1-3-9-25-14(2)17(12-22-25)20(26)24-10-5-7-16(13-24)18-11-15-6-4-8-21-19(15)23-18/h4,6,8,11-12,16H,3,5,7,9-10,13H2,1-2H3,(H,21,23)/t16-/m1/s1. The van der Waals surface area contributed by atoms with Crippen molar-refractivity contribution in [3.05, 3.63) is 47.5 Å². The summed E-state index contributed by atoms with van der Waals surface area (Å²) in [5, 5.41) is 5.51. The number of nitrogens with zero attached hydrogens (tertiary/aromatic N) is 4. The number of likely N-dealkylation sites (tertiary alicyclic amines) is 1. The monoisotopic (exact) mass is 351 g/mol. The molecule has 6 nitrogen and oxygen atoms in total. The largest absolute Gasteiger partial charge is 0.343 e. The number of carbonyl (C=O) groups excluding carboxylic acids is 1. The SMILES string of the molecule is CCCn1ncc(C(=O)N2CCC[C@@H](c3cc4cccnc4[nH]3)C2)c1C. The first kappa shape index (κ1) is 16.8. The van der Waals surface area contributed by atoms with Crippen LogP contribution >= 0.6 is 0 Å². The van der Waals surface area contributed by atoms with Crippen LogP contribution in [0.2, 0.25) is 0 Å². The highest BCUT2D eigenvalue weighted by Gasteiger charge is 2.28. The molecular formula is C20H25N5O. The minimum Gasteiger partial charge on any atom is -0.343 e. The highest BCUT2D eigenvalue weighted by molar-refractivity contribution is 5.95. The first-order chi connectivity index (χ1) is 12.7. The van der Waals surface area contributed by atoms with Crippen LogP contribution in [0.4, 0.5) is 0 Å². The van der Waals surface area contributed by atoms with Gasteiger partial charge in [0.1, 0.15) is 5.65 Å². The number of aromatic nitrogens is 4. The number of nitrogens with one attached hydrogen (secondary N) is 1. The third-order valence-corrected chi connectivity index (χ3v) is 5.33. The summed E-state index contributed by atoms with van der Waals surface area (Å²) in [6, 6.07) is 6.19. The van der Waals surface area contributed by atoms with Gasteiger partial charge in [0, 0.05) is 48.5 Å². The Morgan fingerprint density at radius 3 is 3.12 bits per heavy atom. The molecule has 1 amide bonds. The van der Waals surface area contributed by atoms with E-state index in [0.29, 0.717) is 5.92 Å². The van der Waals surface area contributed by atoms with E-state index in [9.17, 15) is 4.79 Å². The second-order valence-electron chi connectivity index (χ2n) is 7.12.